The Bertz CT molecular complexity index is 5750. The lowest BCUT2D eigenvalue weighted by atomic mass is 10.0. The molecular formula is C103H91ClF4O22. The minimum atomic E-state index is -4.98. The summed E-state index contributed by atoms with van der Waals surface area (Å²) in [6.45, 7) is 52.4. The van der Waals surface area contributed by atoms with Crippen molar-refractivity contribution in [3.8, 4) is 125 Å². The highest BCUT2D eigenvalue weighted by atomic mass is 35.5. The average molecular weight is 1790 g/mol. The minimum absolute atomic E-state index is 0.0203. The zero-order valence-corrected chi connectivity index (χ0v) is 73.9. The summed E-state index contributed by atoms with van der Waals surface area (Å²) in [7, 11) is 1.50. The summed E-state index contributed by atoms with van der Waals surface area (Å²) in [5.41, 5.74) is 11.1. The summed E-state index contributed by atoms with van der Waals surface area (Å²) >= 11 is 6.18. The van der Waals surface area contributed by atoms with Gasteiger partial charge in [-0.25, -0.2) is 52.3 Å². The second-order valence-electron chi connectivity index (χ2n) is 28.7. The van der Waals surface area contributed by atoms with Crippen molar-refractivity contribution in [1.82, 2.24) is 0 Å². The van der Waals surface area contributed by atoms with Crippen LogP contribution >= 0.6 is 11.6 Å². The van der Waals surface area contributed by atoms with Crippen LogP contribution in [0.5, 0.6) is 69.0 Å². The molecule has 0 unspecified atom stereocenters. The zero-order chi connectivity index (χ0) is 96.7. The Kier molecular flexibility index (Phi) is 37.8. The highest BCUT2D eigenvalue weighted by Crippen LogP contribution is 2.40. The lowest BCUT2D eigenvalue weighted by Gasteiger charge is -2.15. The first kappa shape index (κ1) is 103. The first-order valence-electron chi connectivity index (χ1n) is 38.7. The van der Waals surface area contributed by atoms with Gasteiger partial charge in [0.05, 0.1) is 12.1 Å². The van der Waals surface area contributed by atoms with Crippen molar-refractivity contribution in [2.75, 3.05) is 7.11 Å². The second-order valence-corrected chi connectivity index (χ2v) is 29.1. The van der Waals surface area contributed by atoms with Crippen LogP contribution in [-0.2, 0) is 47.9 Å². The van der Waals surface area contributed by atoms with E-state index >= 15 is 0 Å². The number of ether oxygens (including phenoxy) is 12. The van der Waals surface area contributed by atoms with Crippen LogP contribution in [0.4, 0.5) is 17.6 Å². The molecule has 0 aliphatic rings. The molecule has 27 heteroatoms. The predicted molar refractivity (Wildman–Crippen MR) is 487 cm³/mol. The number of halogens is 5. The SMILES string of the molecule is C=C(C)C(=O)Oc1ccc(-c2ccc(OC(=O)C(=C)C)c(C)c2)cc1.C=C(C)C(=O)Oc1ccc(-c2ccc(OC(=O)C(=C)C)c(Cl)c2)cc1.C=C(C)C(=O)Oc1ccc(-c2ccc(OC(=O)C(=C)C)c(F)c2)cc1.C=C(C)C(=O)Oc1ccc(-c2ccc(OC(=O)C(=C)C)c(OC(F)(F)F)c2)cc1.C=C(C)C(=O)Oc1ccc(-c2ccc(OC(=O)C(=C)C)c(OC)c2)cc1. The molecule has 0 bridgehead atoms. The Balaban J connectivity index is 0.000000251. The van der Waals surface area contributed by atoms with Gasteiger partial charge in [-0.2, -0.15) is 0 Å². The molecule has 670 valence electrons. The maximum atomic E-state index is 14.1. The molecule has 0 aliphatic carbocycles. The summed E-state index contributed by atoms with van der Waals surface area (Å²) in [6.07, 6.45) is -4.98. The molecular weight excluding hydrogens is 1700 g/mol. The van der Waals surface area contributed by atoms with Crippen LogP contribution in [-0.4, -0.2) is 73.2 Å². The van der Waals surface area contributed by atoms with Crippen LogP contribution in [0.25, 0.3) is 55.6 Å². The van der Waals surface area contributed by atoms with Crippen molar-refractivity contribution < 1.29 is 122 Å². The van der Waals surface area contributed by atoms with E-state index in [4.69, 9.17) is 63.7 Å². The van der Waals surface area contributed by atoms with Crippen LogP contribution in [0.2, 0.25) is 5.02 Å². The summed E-state index contributed by atoms with van der Waals surface area (Å²) in [6, 6.07) is 57.6. The summed E-state index contributed by atoms with van der Waals surface area (Å²) in [5, 5.41) is 0.310. The molecule has 10 rings (SSSR count). The van der Waals surface area contributed by atoms with Gasteiger partial charge in [0.15, 0.2) is 34.6 Å². The first-order chi connectivity index (χ1) is 61.1. The number of carbonyl (C=O) groups excluding carboxylic acids is 10. The van der Waals surface area contributed by atoms with Crippen molar-refractivity contribution in [1.29, 1.82) is 0 Å². The summed E-state index contributed by atoms with van der Waals surface area (Å²) in [5.74, 6) is -4.01. The number of benzene rings is 10. The fraction of sp³-hybridized carbons (Fsp3) is 0.126. The number of carbonyl (C=O) groups is 10. The number of aryl methyl sites for hydroxylation is 1. The molecule has 130 heavy (non-hydrogen) atoms. The van der Waals surface area contributed by atoms with E-state index in [1.165, 1.54) is 64.3 Å². The molecule has 0 aliphatic heterocycles. The topological polar surface area (TPSA) is 281 Å². The average Bonchev–Trinajstić information content (AvgIpc) is 0.834. The Morgan fingerprint density at radius 1 is 0.246 bits per heavy atom. The molecule has 0 fully saturated rings. The number of hydrogen-bond acceptors (Lipinski definition) is 22. The van der Waals surface area contributed by atoms with Crippen molar-refractivity contribution in [2.45, 2.75) is 82.5 Å². The van der Waals surface area contributed by atoms with Gasteiger partial charge in [-0.1, -0.05) is 168 Å². The normalized spacial score (nSPS) is 10.2. The molecule has 0 atom stereocenters. The van der Waals surface area contributed by atoms with Crippen molar-refractivity contribution in [3.05, 3.63) is 350 Å². The molecule has 0 heterocycles. The molecule has 0 saturated carbocycles. The molecule has 22 nitrogen and oxygen atoms in total. The molecule has 10 aromatic carbocycles. The van der Waals surface area contributed by atoms with E-state index in [-0.39, 0.29) is 34.0 Å². The van der Waals surface area contributed by atoms with Gasteiger partial charge in [-0.15, -0.1) is 13.2 Å². The Hall–Kier alpha value is -16.1. The molecule has 0 N–H and O–H groups in total. The second kappa shape index (κ2) is 47.8. The Morgan fingerprint density at radius 3 is 0.700 bits per heavy atom. The summed E-state index contributed by atoms with van der Waals surface area (Å²) in [4.78, 5) is 116. The summed E-state index contributed by atoms with van der Waals surface area (Å²) < 4.78 is 113. The highest BCUT2D eigenvalue weighted by molar-refractivity contribution is 6.32. The monoisotopic (exact) mass is 1790 g/mol. The zero-order valence-electron chi connectivity index (χ0n) is 73.1. The van der Waals surface area contributed by atoms with E-state index in [1.807, 2.05) is 43.3 Å². The fourth-order valence-corrected chi connectivity index (χ4v) is 10.1. The maximum absolute atomic E-state index is 14.1. The van der Waals surface area contributed by atoms with Crippen molar-refractivity contribution >= 4 is 71.3 Å². The van der Waals surface area contributed by atoms with Crippen LogP contribution < -0.4 is 56.8 Å². The van der Waals surface area contributed by atoms with E-state index in [0.717, 1.165) is 45.0 Å². The minimum Gasteiger partial charge on any atom is -0.493 e. The van der Waals surface area contributed by atoms with Gasteiger partial charge in [0.2, 0.25) is 0 Å². The van der Waals surface area contributed by atoms with Crippen molar-refractivity contribution in [2.24, 2.45) is 0 Å². The number of hydrogen-bond donors (Lipinski definition) is 0. The predicted octanol–water partition coefficient (Wildman–Crippen LogP) is 23.6. The third-order valence-corrected chi connectivity index (χ3v) is 17.2. The maximum Gasteiger partial charge on any atom is 0.573 e. The van der Waals surface area contributed by atoms with Gasteiger partial charge in [-0.3, -0.25) is 0 Å². The van der Waals surface area contributed by atoms with Gasteiger partial charge in [0.1, 0.15) is 40.2 Å². The third kappa shape index (κ3) is 32.5. The third-order valence-electron chi connectivity index (χ3n) is 16.9. The molecule has 0 radical (unpaired) electrons. The standard InChI is InChI=1S/C21H17F3O5.C21H20O5.C21H20O4.C20H17ClO4.C20H17FO4/c1-12(2)19(25)27-16-8-5-14(6-9-16)15-7-10-17(28-20(26)13(3)4)18(11-15)29-21(22,23)24;1-13(2)20(22)25-17-9-6-15(7-10-17)16-8-11-18(19(12-16)24-5)26-21(23)14(3)4;1-13(2)20(22)24-18-9-6-16(7-10-18)17-8-11-19(15(5)12-17)25-21(23)14(3)4;2*1-12(2)19(22)24-16-8-5-14(6-9-16)15-7-10-18(17(21)11-15)25-20(23)13(3)4/h5-11H,1,3H2,2,4H3;6-12H,1,3H2,2,4-5H3;6-12H,1,3H2,2,4-5H3;2*5-11H,1,3H2,2,4H3. The Morgan fingerprint density at radius 2 is 0.446 bits per heavy atom. The van der Waals surface area contributed by atoms with E-state index in [1.54, 1.807) is 182 Å². The lowest BCUT2D eigenvalue weighted by Crippen LogP contribution is -2.18. The van der Waals surface area contributed by atoms with Crippen LogP contribution in [0.15, 0.2) is 334 Å². The van der Waals surface area contributed by atoms with E-state index < -0.39 is 83.4 Å². The van der Waals surface area contributed by atoms with E-state index in [9.17, 15) is 65.5 Å². The number of esters is 10. The lowest BCUT2D eigenvalue weighted by molar-refractivity contribution is -0.275. The van der Waals surface area contributed by atoms with Crippen LogP contribution in [0.3, 0.4) is 0 Å². The molecule has 0 saturated heterocycles. The van der Waals surface area contributed by atoms with Gasteiger partial charge >= 0.3 is 66.1 Å². The Labute approximate surface area is 754 Å². The van der Waals surface area contributed by atoms with Gasteiger partial charge in [0, 0.05) is 55.7 Å². The van der Waals surface area contributed by atoms with Crippen LogP contribution in [0, 0.1) is 12.7 Å². The number of methoxy groups -OCH3 is 1. The largest absolute Gasteiger partial charge is 0.573 e. The van der Waals surface area contributed by atoms with Gasteiger partial charge in [-0.05, 0) is 259 Å². The molecule has 0 aromatic heterocycles. The quantitative estimate of drug-likeness (QED) is 0.0200. The molecule has 0 spiro atoms. The fourth-order valence-electron chi connectivity index (χ4n) is 9.86. The number of alkyl halides is 3. The molecule has 0 amide bonds. The van der Waals surface area contributed by atoms with E-state index in [2.05, 4.69) is 70.5 Å². The first-order valence-corrected chi connectivity index (χ1v) is 39.0. The highest BCUT2D eigenvalue weighted by Gasteiger charge is 2.33. The smallest absolute Gasteiger partial charge is 0.493 e. The van der Waals surface area contributed by atoms with Gasteiger partial charge in [0.25, 0.3) is 0 Å². The number of rotatable bonds is 27. The van der Waals surface area contributed by atoms with Crippen molar-refractivity contribution in [3.63, 3.8) is 0 Å². The molecule has 10 aromatic rings. The van der Waals surface area contributed by atoms with Gasteiger partial charge < -0.3 is 56.8 Å². The van der Waals surface area contributed by atoms with Crippen LogP contribution in [0.1, 0.15) is 74.8 Å². The van der Waals surface area contributed by atoms with E-state index in [0.29, 0.717) is 107 Å².